The first kappa shape index (κ1) is 27.6. The molecule has 202 valence electrons. The largest absolute Gasteiger partial charge is 0.493 e. The number of benzene rings is 1. The van der Waals surface area contributed by atoms with Crippen molar-refractivity contribution < 1.29 is 18.3 Å². The molecule has 2 aromatic heterocycles. The number of fused-ring (bicyclic) bond motifs is 1. The molecule has 0 unspecified atom stereocenters. The summed E-state index contributed by atoms with van der Waals surface area (Å²) in [4.78, 5) is 31.1. The molecule has 1 aromatic carbocycles. The van der Waals surface area contributed by atoms with Crippen molar-refractivity contribution >= 4 is 37.0 Å². The molecule has 1 aliphatic heterocycles. The average Bonchev–Trinajstić information content (AvgIpc) is 3.23. The van der Waals surface area contributed by atoms with Crippen LogP contribution in [0.25, 0.3) is 22.3 Å². The summed E-state index contributed by atoms with van der Waals surface area (Å²) in [5.41, 5.74) is 0.696. The number of aliphatic hydroxyl groups is 1. The summed E-state index contributed by atoms with van der Waals surface area (Å²) in [6.45, 7) is 6.79. The fourth-order valence-electron chi connectivity index (χ4n) is 4.65. The summed E-state index contributed by atoms with van der Waals surface area (Å²) >= 11 is 3.58. The van der Waals surface area contributed by atoms with Gasteiger partial charge < -0.3 is 14.8 Å². The van der Waals surface area contributed by atoms with Crippen LogP contribution in [0.3, 0.4) is 0 Å². The number of nitrogens with zero attached hydrogens (tertiary/aromatic N) is 4. The molecular weight excluding hydrogens is 566 g/mol. The van der Waals surface area contributed by atoms with Crippen LogP contribution in [-0.2, 0) is 23.6 Å². The summed E-state index contributed by atoms with van der Waals surface area (Å²) in [6, 6.07) is 4.68. The Kier molecular flexibility index (Phi) is 8.29. The zero-order valence-electron chi connectivity index (χ0n) is 21.2. The highest BCUT2D eigenvalue weighted by Gasteiger charge is 2.30. The van der Waals surface area contributed by atoms with Gasteiger partial charge in [-0.15, -0.1) is 0 Å². The Bertz CT molecular complexity index is 1520. The van der Waals surface area contributed by atoms with Crippen molar-refractivity contribution in [2.45, 2.75) is 31.7 Å². The standard InChI is InChI=1S/C24H32BrN5O6S/c1-4-8-30-22-19(25)20(26-21(22)23(32)27(3)24(30)33)17-15-16(6-7-18(17)36-5-2)37(34,35)29-11-9-28(10-12-29)13-14-31/h6-7,15,26,31H,4-5,8-14H2,1-3H3. The number of sulfonamides is 1. The van der Waals surface area contributed by atoms with E-state index < -0.39 is 21.3 Å². The van der Waals surface area contributed by atoms with Crippen LogP contribution in [0.1, 0.15) is 20.3 Å². The number of H-pyrrole nitrogens is 1. The lowest BCUT2D eigenvalue weighted by Gasteiger charge is -2.33. The molecule has 1 fully saturated rings. The zero-order valence-corrected chi connectivity index (χ0v) is 23.6. The normalized spacial score (nSPS) is 15.5. The van der Waals surface area contributed by atoms with E-state index in [0.717, 1.165) is 4.57 Å². The number of aromatic amines is 1. The van der Waals surface area contributed by atoms with E-state index in [1.54, 1.807) is 12.1 Å². The molecule has 37 heavy (non-hydrogen) atoms. The summed E-state index contributed by atoms with van der Waals surface area (Å²) in [6.07, 6.45) is 0.684. The molecule has 13 heteroatoms. The first-order valence-electron chi connectivity index (χ1n) is 12.3. The third kappa shape index (κ3) is 5.02. The van der Waals surface area contributed by atoms with Gasteiger partial charge in [-0.3, -0.25) is 18.8 Å². The minimum Gasteiger partial charge on any atom is -0.493 e. The minimum absolute atomic E-state index is 0.0313. The molecule has 1 aliphatic rings. The molecule has 0 atom stereocenters. The maximum Gasteiger partial charge on any atom is 0.331 e. The van der Waals surface area contributed by atoms with Crippen LogP contribution in [0, 0.1) is 0 Å². The van der Waals surface area contributed by atoms with Crippen molar-refractivity contribution in [1.29, 1.82) is 0 Å². The number of ether oxygens (including phenoxy) is 1. The van der Waals surface area contributed by atoms with Gasteiger partial charge in [-0.1, -0.05) is 6.92 Å². The number of rotatable bonds is 9. The van der Waals surface area contributed by atoms with Gasteiger partial charge in [-0.2, -0.15) is 4.31 Å². The van der Waals surface area contributed by atoms with E-state index in [1.165, 1.54) is 22.0 Å². The maximum atomic E-state index is 13.5. The maximum absolute atomic E-state index is 13.5. The van der Waals surface area contributed by atoms with E-state index in [-0.39, 0.29) is 17.0 Å². The smallest absolute Gasteiger partial charge is 0.331 e. The summed E-state index contributed by atoms with van der Waals surface area (Å²) < 4.78 is 37.4. The molecule has 3 heterocycles. The zero-order chi connectivity index (χ0) is 26.9. The van der Waals surface area contributed by atoms with Crippen molar-refractivity contribution in [3.8, 4) is 17.0 Å². The highest BCUT2D eigenvalue weighted by molar-refractivity contribution is 9.10. The van der Waals surface area contributed by atoms with Gasteiger partial charge in [0.15, 0.2) is 0 Å². The van der Waals surface area contributed by atoms with E-state index in [2.05, 4.69) is 20.9 Å². The molecule has 1 saturated heterocycles. The predicted octanol–water partition coefficient (Wildman–Crippen LogP) is 1.57. The van der Waals surface area contributed by atoms with Gasteiger partial charge in [0, 0.05) is 51.9 Å². The van der Waals surface area contributed by atoms with E-state index in [9.17, 15) is 18.0 Å². The Morgan fingerprint density at radius 1 is 1.11 bits per heavy atom. The lowest BCUT2D eigenvalue weighted by molar-refractivity contribution is 0.151. The predicted molar refractivity (Wildman–Crippen MR) is 145 cm³/mol. The van der Waals surface area contributed by atoms with Crippen molar-refractivity contribution in [3.05, 3.63) is 43.5 Å². The quantitative estimate of drug-likeness (QED) is 0.383. The SMILES string of the molecule is CCCn1c(=O)n(C)c(=O)c2[nH]c(-c3cc(S(=O)(=O)N4CCN(CCO)CC4)ccc3OCC)c(Br)c21. The van der Waals surface area contributed by atoms with Crippen LogP contribution in [0.2, 0.25) is 0 Å². The van der Waals surface area contributed by atoms with Crippen molar-refractivity contribution in [3.63, 3.8) is 0 Å². The fourth-order valence-corrected chi connectivity index (χ4v) is 6.83. The lowest BCUT2D eigenvalue weighted by Crippen LogP contribution is -2.49. The molecule has 0 aliphatic carbocycles. The van der Waals surface area contributed by atoms with Gasteiger partial charge in [0.25, 0.3) is 5.56 Å². The highest BCUT2D eigenvalue weighted by atomic mass is 79.9. The molecule has 0 amide bonds. The van der Waals surface area contributed by atoms with Gasteiger partial charge >= 0.3 is 5.69 Å². The lowest BCUT2D eigenvalue weighted by atomic mass is 10.1. The Morgan fingerprint density at radius 2 is 1.81 bits per heavy atom. The number of β-amino-alcohol motifs (C(OH)–C–C–N with tert-alkyl or cyclic N) is 1. The number of hydrogen-bond donors (Lipinski definition) is 2. The first-order chi connectivity index (χ1) is 17.6. The molecule has 4 rings (SSSR count). The highest BCUT2D eigenvalue weighted by Crippen LogP contribution is 2.39. The van der Waals surface area contributed by atoms with Crippen LogP contribution in [0.15, 0.2) is 37.2 Å². The van der Waals surface area contributed by atoms with Crippen molar-refractivity contribution in [2.75, 3.05) is 45.9 Å². The van der Waals surface area contributed by atoms with Crippen molar-refractivity contribution in [2.24, 2.45) is 7.05 Å². The number of hydrogen-bond acceptors (Lipinski definition) is 7. The second-order valence-electron chi connectivity index (χ2n) is 8.90. The molecule has 3 aromatic rings. The summed E-state index contributed by atoms with van der Waals surface area (Å²) in [5, 5.41) is 9.17. The first-order valence-corrected chi connectivity index (χ1v) is 14.5. The Hall–Kier alpha value is -2.45. The summed E-state index contributed by atoms with van der Waals surface area (Å²) in [5.74, 6) is 0.447. The molecule has 0 bridgehead atoms. The molecule has 2 N–H and O–H groups in total. The van der Waals surface area contributed by atoms with Crippen LogP contribution in [0.5, 0.6) is 5.75 Å². The van der Waals surface area contributed by atoms with Gasteiger partial charge in [0.2, 0.25) is 10.0 Å². The molecule has 11 nitrogen and oxygen atoms in total. The topological polar surface area (TPSA) is 130 Å². The van der Waals surface area contributed by atoms with Crippen LogP contribution in [-0.4, -0.2) is 82.8 Å². The third-order valence-electron chi connectivity index (χ3n) is 6.57. The fraction of sp³-hybridized carbons (Fsp3) is 0.500. The molecule has 0 saturated carbocycles. The minimum atomic E-state index is -3.81. The van der Waals surface area contributed by atoms with Gasteiger partial charge in [-0.25, -0.2) is 13.2 Å². The second kappa shape index (κ2) is 11.1. The number of halogens is 1. The van der Waals surface area contributed by atoms with E-state index in [1.807, 2.05) is 18.7 Å². The Morgan fingerprint density at radius 3 is 2.43 bits per heavy atom. The van der Waals surface area contributed by atoms with E-state index in [4.69, 9.17) is 9.84 Å². The number of aryl methyl sites for hydroxylation is 1. The van der Waals surface area contributed by atoms with Crippen LogP contribution >= 0.6 is 15.9 Å². The average molecular weight is 599 g/mol. The van der Waals surface area contributed by atoms with Gasteiger partial charge in [0.05, 0.1) is 33.8 Å². The molecule has 0 radical (unpaired) electrons. The van der Waals surface area contributed by atoms with Crippen molar-refractivity contribution in [1.82, 2.24) is 23.3 Å². The number of aliphatic hydroxyl groups excluding tert-OH is 1. The Labute approximate surface area is 223 Å². The number of aromatic nitrogens is 3. The molecular formula is C24H32BrN5O6S. The van der Waals surface area contributed by atoms with Crippen LogP contribution < -0.4 is 16.0 Å². The van der Waals surface area contributed by atoms with Gasteiger partial charge in [0.1, 0.15) is 11.3 Å². The Balaban J connectivity index is 1.86. The second-order valence-corrected chi connectivity index (χ2v) is 11.6. The third-order valence-corrected chi connectivity index (χ3v) is 9.24. The monoisotopic (exact) mass is 597 g/mol. The van der Waals surface area contributed by atoms with E-state index >= 15 is 0 Å². The number of piperazine rings is 1. The summed E-state index contributed by atoms with van der Waals surface area (Å²) in [7, 11) is -2.37. The van der Waals surface area contributed by atoms with E-state index in [0.29, 0.717) is 79.3 Å². The number of nitrogens with one attached hydrogen (secondary N) is 1. The molecule has 0 spiro atoms. The van der Waals surface area contributed by atoms with Crippen LogP contribution in [0.4, 0.5) is 0 Å². The van der Waals surface area contributed by atoms with Gasteiger partial charge in [-0.05, 0) is 47.5 Å².